The molecule has 2 aromatic heterocycles. The van der Waals surface area contributed by atoms with Crippen molar-refractivity contribution in [2.75, 3.05) is 12.3 Å². The fourth-order valence-electron chi connectivity index (χ4n) is 2.33. The molecule has 0 spiro atoms. The number of fused-ring (bicyclic) bond motifs is 1. The summed E-state index contributed by atoms with van der Waals surface area (Å²) < 4.78 is 22.5. The zero-order chi connectivity index (χ0) is 15.0. The minimum Gasteiger partial charge on any atom is -0.412 e. The number of anilines is 1. The van der Waals surface area contributed by atoms with Gasteiger partial charge in [-0.15, -0.1) is 0 Å². The quantitative estimate of drug-likeness (QED) is 0.558. The summed E-state index contributed by atoms with van der Waals surface area (Å²) in [6.07, 6.45) is -1.13. The number of nitrogens with zero attached hydrogens (tertiary/aromatic N) is 4. The van der Waals surface area contributed by atoms with Crippen molar-refractivity contribution in [1.82, 2.24) is 19.5 Å². The van der Waals surface area contributed by atoms with Crippen LogP contribution in [0.15, 0.2) is 12.7 Å². The van der Waals surface area contributed by atoms with Gasteiger partial charge in [0, 0.05) is 0 Å². The first-order chi connectivity index (χ1) is 10.2. The van der Waals surface area contributed by atoms with Crippen molar-refractivity contribution in [1.29, 1.82) is 0 Å². The van der Waals surface area contributed by atoms with Gasteiger partial charge in [0.1, 0.15) is 30.2 Å². The van der Waals surface area contributed by atoms with Gasteiger partial charge in [-0.2, -0.15) is 0 Å². The van der Waals surface area contributed by atoms with Gasteiger partial charge in [0.05, 0.1) is 12.9 Å². The van der Waals surface area contributed by atoms with Crippen LogP contribution in [0.25, 0.3) is 11.2 Å². The van der Waals surface area contributed by atoms with Crippen LogP contribution in [-0.4, -0.2) is 60.1 Å². The highest BCUT2D eigenvalue weighted by Crippen LogP contribution is 2.34. The van der Waals surface area contributed by atoms with E-state index in [1.54, 1.807) is 0 Å². The molecule has 1 aliphatic rings. The number of aliphatic hydroxyl groups excluding tert-OH is 2. The maximum absolute atomic E-state index is 10.6. The Morgan fingerprint density at radius 3 is 2.91 bits per heavy atom. The van der Waals surface area contributed by atoms with E-state index in [1.165, 1.54) is 17.2 Å². The zero-order valence-electron chi connectivity index (χ0n) is 11.1. The van der Waals surface area contributed by atoms with Gasteiger partial charge in [0.15, 0.2) is 17.7 Å². The first-order valence-electron chi connectivity index (χ1n) is 6.03. The second-order valence-corrected chi connectivity index (χ2v) is 4.83. The zero-order valence-corrected chi connectivity index (χ0v) is 12.0. The second-order valence-electron chi connectivity index (χ2n) is 4.47. The van der Waals surface area contributed by atoms with Gasteiger partial charge < -0.3 is 26.2 Å². The Labute approximate surface area is 125 Å². The van der Waals surface area contributed by atoms with E-state index >= 15 is 0 Å². The molecule has 0 aliphatic carbocycles. The summed E-state index contributed by atoms with van der Waals surface area (Å²) in [6, 6.07) is 0. The van der Waals surface area contributed by atoms with E-state index in [-0.39, 0.29) is 11.3 Å². The largest absolute Gasteiger partial charge is 0.412 e. The van der Waals surface area contributed by atoms with Crippen LogP contribution in [-0.2, 0) is 13.8 Å². The molecule has 1 aliphatic heterocycles. The molecule has 120 valence electrons. The van der Waals surface area contributed by atoms with Gasteiger partial charge in [-0.05, 0) is 0 Å². The molecule has 0 aromatic carbocycles. The Kier molecular flexibility index (Phi) is 4.96. The van der Waals surface area contributed by atoms with E-state index < -0.39 is 39.8 Å². The Bertz CT molecular complexity index is 668. The van der Waals surface area contributed by atoms with E-state index in [9.17, 15) is 14.8 Å². The SMILES string of the molecule is Nc1ncnc2c1ncn2C1OC(CO)C(OP=O)C1O.O. The van der Waals surface area contributed by atoms with Crippen molar-refractivity contribution >= 4 is 25.7 Å². The highest BCUT2D eigenvalue weighted by atomic mass is 31.1. The lowest BCUT2D eigenvalue weighted by atomic mass is 10.1. The minimum absolute atomic E-state index is 0. The molecule has 12 heteroatoms. The van der Waals surface area contributed by atoms with E-state index in [4.69, 9.17) is 15.0 Å². The Hall–Kier alpha value is -1.75. The molecule has 0 bridgehead atoms. The highest BCUT2D eigenvalue weighted by molar-refractivity contribution is 7.17. The number of aromatic nitrogens is 4. The monoisotopic (exact) mass is 331 g/mol. The molecule has 2 aromatic rings. The predicted octanol–water partition coefficient (Wildman–Crippen LogP) is -1.57. The van der Waals surface area contributed by atoms with Crippen LogP contribution in [0.2, 0.25) is 0 Å². The third-order valence-electron chi connectivity index (χ3n) is 3.32. The molecule has 0 saturated carbocycles. The summed E-state index contributed by atoms with van der Waals surface area (Å²) in [6.45, 7) is -0.391. The fourth-order valence-corrected chi connectivity index (χ4v) is 2.69. The third kappa shape index (κ3) is 2.54. The molecule has 1 saturated heterocycles. The molecule has 0 radical (unpaired) electrons. The first kappa shape index (κ1) is 16.6. The van der Waals surface area contributed by atoms with Crippen LogP contribution in [0.4, 0.5) is 5.82 Å². The van der Waals surface area contributed by atoms with Crippen LogP contribution in [0.3, 0.4) is 0 Å². The molecular formula is C10H14N5O6P. The molecule has 0 amide bonds. The van der Waals surface area contributed by atoms with Crippen LogP contribution in [0.1, 0.15) is 6.23 Å². The molecule has 4 unspecified atom stereocenters. The molecule has 3 rings (SSSR count). The van der Waals surface area contributed by atoms with Crippen LogP contribution < -0.4 is 5.73 Å². The van der Waals surface area contributed by atoms with Crippen LogP contribution in [0, 0.1) is 0 Å². The number of imidazole rings is 1. The number of rotatable bonds is 4. The summed E-state index contributed by atoms with van der Waals surface area (Å²) in [5, 5.41) is 19.5. The maximum atomic E-state index is 10.6. The number of nitrogen functional groups attached to an aromatic ring is 1. The smallest absolute Gasteiger partial charge is 0.327 e. The van der Waals surface area contributed by atoms with Gasteiger partial charge in [-0.25, -0.2) is 19.5 Å². The number of nitrogens with two attached hydrogens (primary N) is 1. The number of hydrogen-bond donors (Lipinski definition) is 3. The van der Waals surface area contributed by atoms with Crippen molar-refractivity contribution in [3.63, 3.8) is 0 Å². The summed E-state index contributed by atoms with van der Waals surface area (Å²) in [5.41, 5.74) is 6.45. The van der Waals surface area contributed by atoms with Crippen LogP contribution >= 0.6 is 8.69 Å². The summed E-state index contributed by atoms with van der Waals surface area (Å²) in [5.74, 6) is 0.204. The van der Waals surface area contributed by atoms with E-state index in [2.05, 4.69) is 15.0 Å². The minimum atomic E-state index is -1.16. The van der Waals surface area contributed by atoms with Crippen molar-refractivity contribution in [2.45, 2.75) is 24.5 Å². The average molecular weight is 331 g/mol. The fraction of sp³-hybridized carbons (Fsp3) is 0.500. The number of aliphatic hydroxyl groups is 2. The lowest BCUT2D eigenvalue weighted by molar-refractivity contribution is -0.0502. The summed E-state index contributed by atoms with van der Waals surface area (Å²) in [7, 11) is -0.608. The van der Waals surface area contributed by atoms with E-state index in [0.29, 0.717) is 11.2 Å². The Morgan fingerprint density at radius 2 is 2.23 bits per heavy atom. The van der Waals surface area contributed by atoms with Crippen molar-refractivity contribution in [3.8, 4) is 0 Å². The van der Waals surface area contributed by atoms with Gasteiger partial charge in [0.2, 0.25) is 0 Å². The van der Waals surface area contributed by atoms with Gasteiger partial charge in [-0.3, -0.25) is 9.09 Å². The Morgan fingerprint density at radius 1 is 1.45 bits per heavy atom. The average Bonchev–Trinajstić information content (AvgIpc) is 3.03. The number of ether oxygens (including phenoxy) is 1. The van der Waals surface area contributed by atoms with Gasteiger partial charge in [-0.1, -0.05) is 0 Å². The van der Waals surface area contributed by atoms with Gasteiger partial charge >= 0.3 is 8.69 Å². The lowest BCUT2D eigenvalue weighted by Gasteiger charge is -2.17. The molecule has 6 N–H and O–H groups in total. The normalized spacial score (nSPS) is 28.1. The molecule has 4 atom stereocenters. The topological polar surface area (TPSA) is 177 Å². The van der Waals surface area contributed by atoms with Crippen molar-refractivity contribution in [3.05, 3.63) is 12.7 Å². The first-order valence-corrected chi connectivity index (χ1v) is 6.76. The number of hydrogen-bond acceptors (Lipinski definition) is 9. The van der Waals surface area contributed by atoms with Gasteiger partial charge in [0.25, 0.3) is 0 Å². The molecule has 3 heterocycles. The van der Waals surface area contributed by atoms with Crippen LogP contribution in [0.5, 0.6) is 0 Å². The molecular weight excluding hydrogens is 317 g/mol. The third-order valence-corrected chi connectivity index (χ3v) is 3.64. The molecule has 1 fully saturated rings. The summed E-state index contributed by atoms with van der Waals surface area (Å²) >= 11 is 0. The van der Waals surface area contributed by atoms with Crippen molar-refractivity contribution in [2.24, 2.45) is 0 Å². The van der Waals surface area contributed by atoms with E-state index in [1.807, 2.05) is 0 Å². The molecule has 22 heavy (non-hydrogen) atoms. The summed E-state index contributed by atoms with van der Waals surface area (Å²) in [4.78, 5) is 12.0. The standard InChI is InChI=1S/C10H12N5O5P.H2O/c11-8-5-9(13-2-12-8)15(3-14-5)10-6(17)7(20-21-18)4(1-16)19-10;/h2-4,6-7,10,16-17H,1H2,(H2,11,12,13);1H2. The lowest BCUT2D eigenvalue weighted by Crippen LogP contribution is -2.34. The Balaban J connectivity index is 0.00000176. The maximum Gasteiger partial charge on any atom is 0.327 e. The van der Waals surface area contributed by atoms with Crippen molar-refractivity contribution < 1.29 is 29.5 Å². The highest BCUT2D eigenvalue weighted by Gasteiger charge is 2.46. The molecule has 11 nitrogen and oxygen atoms in total. The van der Waals surface area contributed by atoms with E-state index in [0.717, 1.165) is 0 Å². The predicted molar refractivity (Wildman–Crippen MR) is 72.8 cm³/mol. The second kappa shape index (κ2) is 6.57.